The minimum atomic E-state index is -3.58. The molecule has 1 aromatic carbocycles. The molecule has 9 nitrogen and oxygen atoms in total. The van der Waals surface area contributed by atoms with Crippen LogP contribution in [0.5, 0.6) is 0 Å². The fraction of sp³-hybridized carbons (Fsp3) is 0.476. The van der Waals surface area contributed by atoms with Crippen LogP contribution in [0, 0.1) is 13.8 Å². The molecule has 0 bridgehead atoms. The van der Waals surface area contributed by atoms with Crippen LogP contribution in [-0.2, 0) is 26.2 Å². The van der Waals surface area contributed by atoms with Crippen LogP contribution in [0.1, 0.15) is 44.0 Å². The van der Waals surface area contributed by atoms with Gasteiger partial charge in [-0.1, -0.05) is 6.42 Å². The van der Waals surface area contributed by atoms with E-state index >= 15 is 0 Å². The maximum Gasteiger partial charge on any atom is 0.246 e. The summed E-state index contributed by atoms with van der Waals surface area (Å²) in [6.07, 6.45) is 2.95. The maximum atomic E-state index is 13.1. The molecule has 2 heterocycles. The normalized spacial score (nSPS) is 14.9. The number of anilines is 2. The number of amides is 2. The van der Waals surface area contributed by atoms with Gasteiger partial charge in [0, 0.05) is 37.8 Å². The predicted molar refractivity (Wildman–Crippen MR) is 118 cm³/mol. The number of carbonyl (C=O) groups is 2. The van der Waals surface area contributed by atoms with Gasteiger partial charge in [0.05, 0.1) is 17.9 Å². The number of hydrogen-bond donors (Lipinski definition) is 2. The Kier molecular flexibility index (Phi) is 7.11. The van der Waals surface area contributed by atoms with Gasteiger partial charge in [0.25, 0.3) is 0 Å². The van der Waals surface area contributed by atoms with E-state index in [4.69, 9.17) is 0 Å². The van der Waals surface area contributed by atoms with E-state index in [1.165, 1.54) is 11.2 Å². The summed E-state index contributed by atoms with van der Waals surface area (Å²) in [5, 5.41) is 9.84. The molecule has 2 amide bonds. The molecule has 31 heavy (non-hydrogen) atoms. The molecule has 0 spiro atoms. The molecule has 1 aliphatic heterocycles. The van der Waals surface area contributed by atoms with Gasteiger partial charge in [-0.05, 0) is 51.0 Å². The zero-order valence-electron chi connectivity index (χ0n) is 18.1. The highest BCUT2D eigenvalue weighted by molar-refractivity contribution is 7.89. The van der Waals surface area contributed by atoms with Gasteiger partial charge in [-0.2, -0.15) is 9.40 Å². The fourth-order valence-corrected chi connectivity index (χ4v) is 5.67. The van der Waals surface area contributed by atoms with Crippen LogP contribution in [0.25, 0.3) is 0 Å². The van der Waals surface area contributed by atoms with E-state index in [1.807, 2.05) is 0 Å². The smallest absolute Gasteiger partial charge is 0.246 e. The molecule has 0 atom stereocenters. The third-order valence-electron chi connectivity index (χ3n) is 5.27. The van der Waals surface area contributed by atoms with Crippen molar-refractivity contribution in [1.82, 2.24) is 14.1 Å². The van der Waals surface area contributed by atoms with Gasteiger partial charge < -0.3 is 10.6 Å². The third-order valence-corrected chi connectivity index (χ3v) is 7.42. The molecule has 168 valence electrons. The minimum Gasteiger partial charge on any atom is -0.326 e. The van der Waals surface area contributed by atoms with Crippen LogP contribution in [0.15, 0.2) is 29.2 Å². The first kappa shape index (κ1) is 23.0. The number of aryl methyl sites for hydroxylation is 2. The summed E-state index contributed by atoms with van der Waals surface area (Å²) < 4.78 is 29.3. The number of sulfonamides is 1. The van der Waals surface area contributed by atoms with Gasteiger partial charge in [-0.15, -0.1) is 0 Å². The number of benzene rings is 1. The van der Waals surface area contributed by atoms with Crippen LogP contribution in [0.3, 0.4) is 0 Å². The van der Waals surface area contributed by atoms with Gasteiger partial charge in [-0.3, -0.25) is 14.3 Å². The largest absolute Gasteiger partial charge is 0.326 e. The van der Waals surface area contributed by atoms with Crippen molar-refractivity contribution in [2.45, 2.75) is 57.9 Å². The summed E-state index contributed by atoms with van der Waals surface area (Å²) in [5.74, 6) is -0.372. The van der Waals surface area contributed by atoms with Gasteiger partial charge >= 0.3 is 0 Å². The van der Waals surface area contributed by atoms with Gasteiger partial charge in [-0.25, -0.2) is 8.42 Å². The molecular weight excluding hydrogens is 418 g/mol. The first-order valence-corrected chi connectivity index (χ1v) is 11.8. The molecule has 1 aromatic heterocycles. The van der Waals surface area contributed by atoms with E-state index < -0.39 is 10.0 Å². The first-order chi connectivity index (χ1) is 14.7. The van der Waals surface area contributed by atoms with Crippen LogP contribution in [0.2, 0.25) is 0 Å². The van der Waals surface area contributed by atoms with E-state index in [2.05, 4.69) is 15.7 Å². The highest BCUT2D eigenvalue weighted by atomic mass is 32.2. The summed E-state index contributed by atoms with van der Waals surface area (Å²) in [5.41, 5.74) is 2.27. The van der Waals surface area contributed by atoms with E-state index in [-0.39, 0.29) is 29.7 Å². The van der Waals surface area contributed by atoms with Crippen molar-refractivity contribution >= 4 is 33.2 Å². The minimum absolute atomic E-state index is 0.151. The second-order valence-corrected chi connectivity index (χ2v) is 9.62. The molecule has 1 saturated heterocycles. The topological polar surface area (TPSA) is 113 Å². The van der Waals surface area contributed by atoms with Crippen molar-refractivity contribution in [3.8, 4) is 0 Å². The molecule has 10 heteroatoms. The predicted octanol–water partition coefficient (Wildman–Crippen LogP) is 2.66. The molecule has 0 saturated carbocycles. The number of nitrogens with zero attached hydrogens (tertiary/aromatic N) is 3. The number of aromatic nitrogens is 2. The van der Waals surface area contributed by atoms with Gasteiger partial charge in [0.1, 0.15) is 4.90 Å². The average Bonchev–Trinajstić information content (AvgIpc) is 3.02. The Hall–Kier alpha value is -2.72. The Labute approximate surface area is 182 Å². The molecule has 0 radical (unpaired) electrons. The lowest BCUT2D eigenvalue weighted by Crippen LogP contribution is -2.36. The zero-order chi connectivity index (χ0) is 22.6. The SMILES string of the molecule is CC(=O)Nc1ccc(NC(=O)CCn2nc(C)c(S(=O)(=O)N3CCCCC3)c2C)cc1. The standard InChI is InChI=1S/C21H29N5O4S/c1-15-21(31(29,30)25-12-5-4-6-13-25)16(2)26(24-15)14-11-20(28)23-19-9-7-18(8-10-19)22-17(3)27/h7-10H,4-6,11-14H2,1-3H3,(H,22,27)(H,23,28). The Morgan fingerprint density at radius 2 is 1.58 bits per heavy atom. The molecule has 1 fully saturated rings. The van der Waals surface area contributed by atoms with Crippen LogP contribution in [0.4, 0.5) is 11.4 Å². The third kappa shape index (κ3) is 5.50. The average molecular weight is 448 g/mol. The highest BCUT2D eigenvalue weighted by Crippen LogP contribution is 2.26. The molecule has 2 aromatic rings. The lowest BCUT2D eigenvalue weighted by atomic mass is 10.2. The Bertz CT molecular complexity index is 1050. The zero-order valence-corrected chi connectivity index (χ0v) is 19.0. The number of carbonyl (C=O) groups excluding carboxylic acids is 2. The second kappa shape index (κ2) is 9.61. The molecule has 0 unspecified atom stereocenters. The summed E-state index contributed by atoms with van der Waals surface area (Å²) in [6.45, 7) is 6.20. The number of rotatable bonds is 7. The molecular formula is C21H29N5O4S. The van der Waals surface area contributed by atoms with Crippen molar-refractivity contribution in [2.24, 2.45) is 0 Å². The van der Waals surface area contributed by atoms with Crippen molar-refractivity contribution in [1.29, 1.82) is 0 Å². The molecule has 2 N–H and O–H groups in total. The van der Waals surface area contributed by atoms with E-state index in [1.54, 1.807) is 42.8 Å². The second-order valence-electron chi connectivity index (χ2n) is 7.74. The lowest BCUT2D eigenvalue weighted by molar-refractivity contribution is -0.116. The van der Waals surface area contributed by atoms with Crippen LogP contribution >= 0.6 is 0 Å². The number of nitrogens with one attached hydrogen (secondary N) is 2. The van der Waals surface area contributed by atoms with Crippen molar-refractivity contribution in [2.75, 3.05) is 23.7 Å². The van der Waals surface area contributed by atoms with E-state index in [0.29, 0.717) is 35.9 Å². The Morgan fingerprint density at radius 3 is 2.16 bits per heavy atom. The van der Waals surface area contributed by atoms with E-state index in [0.717, 1.165) is 19.3 Å². The van der Waals surface area contributed by atoms with Gasteiger partial charge in [0.2, 0.25) is 21.8 Å². The van der Waals surface area contributed by atoms with Crippen molar-refractivity contribution in [3.63, 3.8) is 0 Å². The summed E-state index contributed by atoms with van der Waals surface area (Å²) in [4.78, 5) is 23.7. The molecule has 0 aliphatic carbocycles. The fourth-order valence-electron chi connectivity index (χ4n) is 3.78. The Morgan fingerprint density at radius 1 is 1.00 bits per heavy atom. The monoisotopic (exact) mass is 447 g/mol. The van der Waals surface area contributed by atoms with Crippen molar-refractivity contribution < 1.29 is 18.0 Å². The van der Waals surface area contributed by atoms with Crippen molar-refractivity contribution in [3.05, 3.63) is 35.7 Å². The summed E-state index contributed by atoms with van der Waals surface area (Å²) >= 11 is 0. The number of piperidine rings is 1. The lowest BCUT2D eigenvalue weighted by Gasteiger charge is -2.26. The van der Waals surface area contributed by atoms with E-state index in [9.17, 15) is 18.0 Å². The summed E-state index contributed by atoms with van der Waals surface area (Å²) in [6, 6.07) is 6.82. The summed E-state index contributed by atoms with van der Waals surface area (Å²) in [7, 11) is -3.58. The van der Waals surface area contributed by atoms with Crippen LogP contribution < -0.4 is 10.6 Å². The Balaban J connectivity index is 1.63. The quantitative estimate of drug-likeness (QED) is 0.677. The first-order valence-electron chi connectivity index (χ1n) is 10.4. The molecule has 1 aliphatic rings. The maximum absolute atomic E-state index is 13.1. The highest BCUT2D eigenvalue weighted by Gasteiger charge is 2.31. The molecule has 3 rings (SSSR count). The van der Waals surface area contributed by atoms with Crippen LogP contribution in [-0.4, -0.2) is 47.4 Å². The number of hydrogen-bond acceptors (Lipinski definition) is 5. The van der Waals surface area contributed by atoms with Gasteiger partial charge in [0.15, 0.2) is 0 Å².